The van der Waals surface area contributed by atoms with Gasteiger partial charge in [-0.2, -0.15) is 0 Å². The van der Waals surface area contributed by atoms with Gasteiger partial charge in [0.25, 0.3) is 0 Å². The minimum atomic E-state index is -0.317. The van der Waals surface area contributed by atoms with Crippen molar-refractivity contribution in [1.29, 1.82) is 0 Å². The van der Waals surface area contributed by atoms with Crippen molar-refractivity contribution < 1.29 is 4.79 Å². The van der Waals surface area contributed by atoms with E-state index in [1.165, 1.54) is 0 Å². The van der Waals surface area contributed by atoms with Gasteiger partial charge in [-0.15, -0.1) is 12.4 Å². The molecule has 0 radical (unpaired) electrons. The van der Waals surface area contributed by atoms with Crippen LogP contribution >= 0.6 is 12.4 Å². The summed E-state index contributed by atoms with van der Waals surface area (Å²) in [5, 5.41) is 6.14. The van der Waals surface area contributed by atoms with Gasteiger partial charge in [0.1, 0.15) is 0 Å². The van der Waals surface area contributed by atoms with E-state index in [9.17, 15) is 4.79 Å². The molecule has 1 amide bonds. The van der Waals surface area contributed by atoms with Crippen LogP contribution in [-0.2, 0) is 4.79 Å². The molecule has 1 heterocycles. The first-order chi connectivity index (χ1) is 6.49. The van der Waals surface area contributed by atoms with Crippen LogP contribution in [0.3, 0.4) is 0 Å². The van der Waals surface area contributed by atoms with E-state index < -0.39 is 0 Å². The monoisotopic (exact) mass is 235 g/mol. The average Bonchev–Trinajstić information content (AvgIpc) is 2.14. The zero-order valence-corrected chi connectivity index (χ0v) is 10.3. The molecule has 0 spiro atoms. The molecule has 1 aliphatic heterocycles. The van der Waals surface area contributed by atoms with Crippen LogP contribution in [0.25, 0.3) is 0 Å². The maximum Gasteiger partial charge on any atom is 0.223 e. The molecule has 15 heavy (non-hydrogen) atoms. The number of amides is 1. The normalized spacial score (nSPS) is 18.1. The van der Waals surface area contributed by atoms with Crippen LogP contribution in [0.2, 0.25) is 0 Å². The van der Waals surface area contributed by atoms with E-state index in [0.717, 1.165) is 25.9 Å². The Bertz CT molecular complexity index is 197. The summed E-state index contributed by atoms with van der Waals surface area (Å²) in [6.45, 7) is 6.27. The molecular weight excluding hydrogens is 214 g/mol. The first-order valence-corrected chi connectivity index (χ1v) is 5.26. The lowest BCUT2D eigenvalue weighted by molar-refractivity contribution is -0.125. The molecule has 1 fully saturated rings. The first-order valence-electron chi connectivity index (χ1n) is 5.26. The fourth-order valence-electron chi connectivity index (χ4n) is 1.54. The largest absolute Gasteiger partial charge is 0.354 e. The molecule has 0 bridgehead atoms. The Morgan fingerprint density at radius 3 is 2.47 bits per heavy atom. The molecular formula is C10H22ClN3O. The van der Waals surface area contributed by atoms with E-state index in [4.69, 9.17) is 5.73 Å². The Labute approximate surface area is 97.8 Å². The summed E-state index contributed by atoms with van der Waals surface area (Å²) in [7, 11) is 0. The maximum atomic E-state index is 11.7. The highest BCUT2D eigenvalue weighted by Gasteiger charge is 2.22. The van der Waals surface area contributed by atoms with Crippen molar-refractivity contribution in [2.45, 2.75) is 32.2 Å². The van der Waals surface area contributed by atoms with Crippen molar-refractivity contribution in [1.82, 2.24) is 10.6 Å². The highest BCUT2D eigenvalue weighted by atomic mass is 35.5. The number of halogens is 1. The van der Waals surface area contributed by atoms with E-state index in [2.05, 4.69) is 10.6 Å². The lowest BCUT2D eigenvalue weighted by Gasteiger charge is -2.24. The molecule has 4 N–H and O–H groups in total. The van der Waals surface area contributed by atoms with Crippen molar-refractivity contribution in [2.75, 3.05) is 19.6 Å². The van der Waals surface area contributed by atoms with Crippen LogP contribution in [0.1, 0.15) is 26.7 Å². The van der Waals surface area contributed by atoms with E-state index in [0.29, 0.717) is 6.54 Å². The number of carbonyl (C=O) groups excluding carboxylic acids is 1. The van der Waals surface area contributed by atoms with Gasteiger partial charge in [0.2, 0.25) is 5.91 Å². The zero-order chi connectivity index (χ0) is 10.6. The lowest BCUT2D eigenvalue weighted by atomic mass is 9.97. The van der Waals surface area contributed by atoms with Crippen LogP contribution < -0.4 is 16.4 Å². The molecule has 0 unspecified atom stereocenters. The third-order valence-electron chi connectivity index (χ3n) is 2.43. The fraction of sp³-hybridized carbons (Fsp3) is 0.900. The highest BCUT2D eigenvalue weighted by Crippen LogP contribution is 2.11. The van der Waals surface area contributed by atoms with Gasteiger partial charge in [-0.3, -0.25) is 4.79 Å². The first kappa shape index (κ1) is 14.7. The van der Waals surface area contributed by atoms with Crippen LogP contribution in [0, 0.1) is 5.92 Å². The Balaban J connectivity index is 0.00000196. The molecule has 5 heteroatoms. The van der Waals surface area contributed by atoms with Gasteiger partial charge in [-0.05, 0) is 39.8 Å². The molecule has 0 atom stereocenters. The number of piperidine rings is 1. The number of carbonyl (C=O) groups is 1. The molecule has 0 aliphatic carbocycles. The van der Waals surface area contributed by atoms with Gasteiger partial charge in [-0.25, -0.2) is 0 Å². The molecule has 4 nitrogen and oxygen atoms in total. The van der Waals surface area contributed by atoms with Gasteiger partial charge in [0.05, 0.1) is 0 Å². The quantitative estimate of drug-likeness (QED) is 0.658. The molecule has 1 rings (SSSR count). The van der Waals surface area contributed by atoms with E-state index >= 15 is 0 Å². The number of hydrogen-bond donors (Lipinski definition) is 3. The smallest absolute Gasteiger partial charge is 0.223 e. The van der Waals surface area contributed by atoms with Crippen LogP contribution in [0.15, 0.2) is 0 Å². The van der Waals surface area contributed by atoms with Gasteiger partial charge >= 0.3 is 0 Å². The minimum Gasteiger partial charge on any atom is -0.354 e. The van der Waals surface area contributed by atoms with Crippen molar-refractivity contribution in [3.8, 4) is 0 Å². The number of nitrogens with one attached hydrogen (secondary N) is 2. The zero-order valence-electron chi connectivity index (χ0n) is 9.51. The predicted octanol–water partition coefficient (Wildman–Crippen LogP) is 0.261. The number of rotatable bonds is 3. The van der Waals surface area contributed by atoms with Crippen LogP contribution in [-0.4, -0.2) is 31.1 Å². The third-order valence-corrected chi connectivity index (χ3v) is 2.43. The second-order valence-electron chi connectivity index (χ2n) is 4.73. The van der Waals surface area contributed by atoms with Crippen molar-refractivity contribution >= 4 is 18.3 Å². The molecule has 1 saturated heterocycles. The predicted molar refractivity (Wildman–Crippen MR) is 64.1 cm³/mol. The summed E-state index contributed by atoms with van der Waals surface area (Å²) in [4.78, 5) is 11.7. The van der Waals surface area contributed by atoms with Gasteiger partial charge in [-0.1, -0.05) is 0 Å². The summed E-state index contributed by atoms with van der Waals surface area (Å²) < 4.78 is 0. The number of nitrogens with two attached hydrogens (primary N) is 1. The van der Waals surface area contributed by atoms with E-state index in [-0.39, 0.29) is 29.8 Å². The third kappa shape index (κ3) is 5.97. The maximum absolute atomic E-state index is 11.7. The Morgan fingerprint density at radius 1 is 1.47 bits per heavy atom. The molecule has 90 valence electrons. The summed E-state index contributed by atoms with van der Waals surface area (Å²) in [6, 6.07) is 0. The Morgan fingerprint density at radius 2 is 2.00 bits per heavy atom. The van der Waals surface area contributed by atoms with Crippen molar-refractivity contribution in [2.24, 2.45) is 11.7 Å². The van der Waals surface area contributed by atoms with E-state index in [1.54, 1.807) is 0 Å². The van der Waals surface area contributed by atoms with E-state index in [1.807, 2.05) is 13.8 Å². The van der Waals surface area contributed by atoms with Crippen molar-refractivity contribution in [3.63, 3.8) is 0 Å². The molecule has 0 aromatic rings. The SMILES string of the molecule is CC(C)(N)CNC(=O)C1CCNCC1.Cl. The van der Waals surface area contributed by atoms with Crippen LogP contribution in [0.4, 0.5) is 0 Å². The highest BCUT2D eigenvalue weighted by molar-refractivity contribution is 5.85. The topological polar surface area (TPSA) is 67.1 Å². The standard InChI is InChI=1S/C10H21N3O.ClH/c1-10(2,11)7-13-9(14)8-3-5-12-6-4-8;/h8,12H,3-7,11H2,1-2H3,(H,13,14);1H. The fourth-order valence-corrected chi connectivity index (χ4v) is 1.54. The number of hydrogen-bond acceptors (Lipinski definition) is 3. The summed E-state index contributed by atoms with van der Waals surface area (Å²) in [5.74, 6) is 0.337. The lowest BCUT2D eigenvalue weighted by Crippen LogP contribution is -2.47. The second-order valence-corrected chi connectivity index (χ2v) is 4.73. The van der Waals surface area contributed by atoms with Gasteiger partial charge in [0, 0.05) is 18.0 Å². The van der Waals surface area contributed by atoms with Crippen molar-refractivity contribution in [3.05, 3.63) is 0 Å². The van der Waals surface area contributed by atoms with Gasteiger partial charge < -0.3 is 16.4 Å². The molecule has 1 aliphatic rings. The molecule has 0 aromatic carbocycles. The molecule has 0 saturated carbocycles. The van der Waals surface area contributed by atoms with Gasteiger partial charge in [0.15, 0.2) is 0 Å². The Hall–Kier alpha value is -0.320. The summed E-state index contributed by atoms with van der Waals surface area (Å²) >= 11 is 0. The molecule has 0 aromatic heterocycles. The summed E-state index contributed by atoms with van der Waals surface area (Å²) in [5.41, 5.74) is 5.47. The minimum absolute atomic E-state index is 0. The average molecular weight is 236 g/mol. The summed E-state index contributed by atoms with van der Waals surface area (Å²) in [6.07, 6.45) is 1.88. The second kappa shape index (κ2) is 6.30. The Kier molecular flexibility index (Phi) is 6.17. The van der Waals surface area contributed by atoms with Crippen LogP contribution in [0.5, 0.6) is 0 Å².